The summed E-state index contributed by atoms with van der Waals surface area (Å²) in [5, 5.41) is 19.8. The molecular weight excluding hydrogens is 200 g/mol. The van der Waals surface area contributed by atoms with Crippen molar-refractivity contribution < 1.29 is 10.2 Å². The first-order valence-corrected chi connectivity index (χ1v) is 6.64. The lowest BCUT2D eigenvalue weighted by Crippen LogP contribution is -2.32. The first kappa shape index (κ1) is 15.7. The molecule has 2 nitrogen and oxygen atoms in total. The standard InChI is InChI=1S/C14H28O2/c1-4-7-8-9-10-11-13(15)14(16)12(5-2)6-3/h4,12-16H,1,5-11H2,2-3H3. The highest BCUT2D eigenvalue weighted by Crippen LogP contribution is 2.19. The van der Waals surface area contributed by atoms with Crippen molar-refractivity contribution in [2.24, 2.45) is 5.92 Å². The molecule has 0 saturated heterocycles. The predicted octanol–water partition coefficient (Wildman–Crippen LogP) is 3.28. The Kier molecular flexibility index (Phi) is 9.65. The predicted molar refractivity (Wildman–Crippen MR) is 69.4 cm³/mol. The van der Waals surface area contributed by atoms with Crippen LogP contribution in [0.1, 0.15) is 58.8 Å². The number of aliphatic hydroxyl groups excluding tert-OH is 2. The molecule has 2 heteroatoms. The van der Waals surface area contributed by atoms with Crippen molar-refractivity contribution in [1.82, 2.24) is 0 Å². The summed E-state index contributed by atoms with van der Waals surface area (Å²) < 4.78 is 0. The number of hydrogen-bond acceptors (Lipinski definition) is 2. The lowest BCUT2D eigenvalue weighted by Gasteiger charge is -2.25. The fraction of sp³-hybridized carbons (Fsp3) is 0.857. The van der Waals surface area contributed by atoms with Gasteiger partial charge in [-0.25, -0.2) is 0 Å². The van der Waals surface area contributed by atoms with Gasteiger partial charge in [-0.2, -0.15) is 0 Å². The van der Waals surface area contributed by atoms with Crippen LogP contribution in [-0.4, -0.2) is 22.4 Å². The van der Waals surface area contributed by atoms with Crippen LogP contribution in [0.5, 0.6) is 0 Å². The summed E-state index contributed by atoms with van der Waals surface area (Å²) in [4.78, 5) is 0. The van der Waals surface area contributed by atoms with E-state index in [0.717, 1.165) is 44.9 Å². The minimum absolute atomic E-state index is 0.239. The molecule has 0 aliphatic heterocycles. The first-order chi connectivity index (χ1) is 7.67. The molecule has 0 heterocycles. The molecule has 2 unspecified atom stereocenters. The maximum atomic E-state index is 9.91. The van der Waals surface area contributed by atoms with Gasteiger partial charge < -0.3 is 10.2 Å². The zero-order chi connectivity index (χ0) is 12.4. The van der Waals surface area contributed by atoms with Crippen molar-refractivity contribution in [1.29, 1.82) is 0 Å². The number of aliphatic hydroxyl groups is 2. The van der Waals surface area contributed by atoms with Crippen LogP contribution < -0.4 is 0 Å². The van der Waals surface area contributed by atoms with Gasteiger partial charge in [0.1, 0.15) is 0 Å². The van der Waals surface area contributed by atoms with Gasteiger partial charge in [-0.15, -0.1) is 6.58 Å². The molecule has 16 heavy (non-hydrogen) atoms. The van der Waals surface area contributed by atoms with E-state index in [1.165, 1.54) is 0 Å². The lowest BCUT2D eigenvalue weighted by atomic mass is 9.90. The van der Waals surface area contributed by atoms with E-state index in [2.05, 4.69) is 20.4 Å². The summed E-state index contributed by atoms with van der Waals surface area (Å²) >= 11 is 0. The summed E-state index contributed by atoms with van der Waals surface area (Å²) in [5.41, 5.74) is 0. The third kappa shape index (κ3) is 6.29. The third-order valence-corrected chi connectivity index (χ3v) is 3.33. The van der Waals surface area contributed by atoms with Crippen molar-refractivity contribution in [3.63, 3.8) is 0 Å². The van der Waals surface area contributed by atoms with E-state index >= 15 is 0 Å². The van der Waals surface area contributed by atoms with Gasteiger partial charge in [-0.3, -0.25) is 0 Å². The van der Waals surface area contributed by atoms with Gasteiger partial charge in [0, 0.05) is 0 Å². The smallest absolute Gasteiger partial charge is 0.0826 e. The molecule has 0 spiro atoms. The van der Waals surface area contributed by atoms with E-state index in [1.807, 2.05) is 6.08 Å². The highest BCUT2D eigenvalue weighted by molar-refractivity contribution is 4.74. The highest BCUT2D eigenvalue weighted by atomic mass is 16.3. The Morgan fingerprint density at radius 1 is 1.06 bits per heavy atom. The normalized spacial score (nSPS) is 15.1. The Hall–Kier alpha value is -0.340. The molecule has 0 aliphatic carbocycles. The summed E-state index contributed by atoms with van der Waals surface area (Å²) in [6.45, 7) is 7.80. The summed E-state index contributed by atoms with van der Waals surface area (Å²) in [6.07, 6.45) is 7.71. The fourth-order valence-corrected chi connectivity index (χ4v) is 2.08. The van der Waals surface area contributed by atoms with Crippen LogP contribution in [0.2, 0.25) is 0 Å². The van der Waals surface area contributed by atoms with Gasteiger partial charge in [0.25, 0.3) is 0 Å². The van der Waals surface area contributed by atoms with Crippen LogP contribution in [0.4, 0.5) is 0 Å². The molecule has 0 aromatic heterocycles. The molecule has 0 aliphatic rings. The quantitative estimate of drug-likeness (QED) is 0.445. The molecule has 0 aromatic carbocycles. The number of unbranched alkanes of at least 4 members (excludes halogenated alkanes) is 3. The second-order valence-electron chi connectivity index (χ2n) is 4.56. The van der Waals surface area contributed by atoms with Crippen molar-refractivity contribution >= 4 is 0 Å². The zero-order valence-corrected chi connectivity index (χ0v) is 10.9. The Morgan fingerprint density at radius 3 is 2.19 bits per heavy atom. The Bertz CT molecular complexity index is 164. The van der Waals surface area contributed by atoms with Gasteiger partial charge >= 0.3 is 0 Å². The van der Waals surface area contributed by atoms with Crippen molar-refractivity contribution in [2.45, 2.75) is 71.0 Å². The van der Waals surface area contributed by atoms with Crippen LogP contribution in [-0.2, 0) is 0 Å². The third-order valence-electron chi connectivity index (χ3n) is 3.33. The summed E-state index contributed by atoms with van der Waals surface area (Å²) in [7, 11) is 0. The number of allylic oxidation sites excluding steroid dienone is 1. The molecule has 0 aromatic rings. The SMILES string of the molecule is C=CCCCCCC(O)C(O)C(CC)CC. The van der Waals surface area contributed by atoms with Gasteiger partial charge in [0.05, 0.1) is 12.2 Å². The van der Waals surface area contributed by atoms with E-state index in [1.54, 1.807) is 0 Å². The van der Waals surface area contributed by atoms with Gasteiger partial charge in [0.15, 0.2) is 0 Å². The zero-order valence-electron chi connectivity index (χ0n) is 10.9. The van der Waals surface area contributed by atoms with Crippen molar-refractivity contribution in [3.8, 4) is 0 Å². The highest BCUT2D eigenvalue weighted by Gasteiger charge is 2.22. The second kappa shape index (κ2) is 9.86. The van der Waals surface area contributed by atoms with Crippen LogP contribution in [0, 0.1) is 5.92 Å². The molecule has 0 saturated carbocycles. The van der Waals surface area contributed by atoms with Crippen LogP contribution in [0.25, 0.3) is 0 Å². The van der Waals surface area contributed by atoms with E-state index in [4.69, 9.17) is 0 Å². The molecular formula is C14H28O2. The maximum absolute atomic E-state index is 9.91. The Morgan fingerprint density at radius 2 is 1.69 bits per heavy atom. The lowest BCUT2D eigenvalue weighted by molar-refractivity contribution is -0.0242. The average molecular weight is 228 g/mol. The molecule has 96 valence electrons. The minimum atomic E-state index is -0.548. The van der Waals surface area contributed by atoms with Crippen molar-refractivity contribution in [3.05, 3.63) is 12.7 Å². The molecule has 0 rings (SSSR count). The molecule has 2 atom stereocenters. The molecule has 0 amide bonds. The van der Waals surface area contributed by atoms with E-state index in [-0.39, 0.29) is 5.92 Å². The van der Waals surface area contributed by atoms with Gasteiger partial charge in [-0.05, 0) is 25.2 Å². The fourth-order valence-electron chi connectivity index (χ4n) is 2.08. The molecule has 0 radical (unpaired) electrons. The summed E-state index contributed by atoms with van der Waals surface area (Å²) in [5.74, 6) is 0.239. The average Bonchev–Trinajstić information content (AvgIpc) is 2.30. The minimum Gasteiger partial charge on any atom is -0.390 e. The van der Waals surface area contributed by atoms with Crippen LogP contribution >= 0.6 is 0 Å². The van der Waals surface area contributed by atoms with E-state index in [9.17, 15) is 10.2 Å². The van der Waals surface area contributed by atoms with Crippen LogP contribution in [0.3, 0.4) is 0 Å². The van der Waals surface area contributed by atoms with Crippen molar-refractivity contribution in [2.75, 3.05) is 0 Å². The van der Waals surface area contributed by atoms with Crippen LogP contribution in [0.15, 0.2) is 12.7 Å². The topological polar surface area (TPSA) is 40.5 Å². The number of hydrogen-bond donors (Lipinski definition) is 2. The molecule has 0 fully saturated rings. The first-order valence-electron chi connectivity index (χ1n) is 6.64. The Labute approximate surface area is 100 Å². The largest absolute Gasteiger partial charge is 0.390 e. The van der Waals surface area contributed by atoms with E-state index in [0.29, 0.717) is 0 Å². The van der Waals surface area contributed by atoms with Gasteiger partial charge in [-0.1, -0.05) is 45.6 Å². The summed E-state index contributed by atoms with van der Waals surface area (Å²) in [6, 6.07) is 0. The monoisotopic (exact) mass is 228 g/mol. The Balaban J connectivity index is 3.69. The number of rotatable bonds is 10. The van der Waals surface area contributed by atoms with E-state index < -0.39 is 12.2 Å². The van der Waals surface area contributed by atoms with Gasteiger partial charge in [0.2, 0.25) is 0 Å². The maximum Gasteiger partial charge on any atom is 0.0826 e. The molecule has 2 N–H and O–H groups in total. The molecule has 0 bridgehead atoms. The second-order valence-corrected chi connectivity index (χ2v) is 4.56.